The van der Waals surface area contributed by atoms with Crippen LogP contribution in [0.25, 0.3) is 5.69 Å². The molecule has 0 saturated carbocycles. The number of rotatable bonds is 6. The zero-order valence-electron chi connectivity index (χ0n) is 11.3. The molecule has 0 aliphatic carbocycles. The van der Waals surface area contributed by atoms with Crippen molar-refractivity contribution in [2.24, 2.45) is 0 Å². The molecule has 1 heterocycles. The van der Waals surface area contributed by atoms with E-state index >= 15 is 0 Å². The number of hydrogen-bond donors (Lipinski definition) is 2. The number of nitrogens with one attached hydrogen (secondary N) is 2. The lowest BCUT2D eigenvalue weighted by molar-refractivity contribution is 0.0948. The van der Waals surface area contributed by atoms with Crippen LogP contribution in [-0.4, -0.2) is 35.3 Å². The van der Waals surface area contributed by atoms with Gasteiger partial charge in [-0.25, -0.2) is 9.07 Å². The smallest absolute Gasteiger partial charge is 0.271 e. The summed E-state index contributed by atoms with van der Waals surface area (Å²) in [6, 6.07) is 7.55. The third kappa shape index (κ3) is 3.64. The van der Waals surface area contributed by atoms with Crippen molar-refractivity contribution >= 4 is 5.91 Å². The third-order valence-electron chi connectivity index (χ3n) is 2.75. The van der Waals surface area contributed by atoms with Gasteiger partial charge in [-0.15, -0.1) is 0 Å². The van der Waals surface area contributed by atoms with Crippen molar-refractivity contribution in [2.45, 2.75) is 6.92 Å². The van der Waals surface area contributed by atoms with Crippen LogP contribution in [-0.2, 0) is 0 Å². The lowest BCUT2D eigenvalue weighted by Crippen LogP contribution is -2.32. The van der Waals surface area contributed by atoms with E-state index in [1.54, 1.807) is 29.1 Å². The first-order valence-corrected chi connectivity index (χ1v) is 6.51. The van der Waals surface area contributed by atoms with Crippen molar-refractivity contribution < 1.29 is 9.18 Å². The highest BCUT2D eigenvalue weighted by atomic mass is 19.1. The highest BCUT2D eigenvalue weighted by molar-refractivity contribution is 5.92. The molecule has 2 aromatic rings. The molecule has 1 amide bonds. The van der Waals surface area contributed by atoms with Gasteiger partial charge in [-0.2, -0.15) is 5.10 Å². The molecule has 0 saturated heterocycles. The highest BCUT2D eigenvalue weighted by Gasteiger charge is 2.09. The Kier molecular flexibility index (Phi) is 4.84. The molecule has 0 spiro atoms. The second-order valence-electron chi connectivity index (χ2n) is 4.23. The molecule has 0 aliphatic heterocycles. The van der Waals surface area contributed by atoms with Gasteiger partial charge in [0.25, 0.3) is 5.91 Å². The third-order valence-corrected chi connectivity index (χ3v) is 2.75. The summed E-state index contributed by atoms with van der Waals surface area (Å²) < 4.78 is 14.4. The van der Waals surface area contributed by atoms with Gasteiger partial charge in [0, 0.05) is 19.3 Å². The minimum atomic E-state index is -0.303. The predicted molar refractivity (Wildman–Crippen MR) is 74.4 cm³/mol. The number of carbonyl (C=O) groups is 1. The Morgan fingerprint density at radius 2 is 2.00 bits per heavy atom. The molecule has 106 valence electrons. The second kappa shape index (κ2) is 6.81. The van der Waals surface area contributed by atoms with E-state index in [0.717, 1.165) is 13.1 Å². The van der Waals surface area contributed by atoms with Crippen LogP contribution in [0, 0.1) is 5.82 Å². The van der Waals surface area contributed by atoms with Crippen molar-refractivity contribution in [3.05, 3.63) is 48.0 Å². The fourth-order valence-corrected chi connectivity index (χ4v) is 1.71. The Balaban J connectivity index is 1.98. The van der Waals surface area contributed by atoms with E-state index in [0.29, 0.717) is 17.9 Å². The Morgan fingerprint density at radius 1 is 1.25 bits per heavy atom. The first kappa shape index (κ1) is 14.2. The minimum Gasteiger partial charge on any atom is -0.349 e. The summed E-state index contributed by atoms with van der Waals surface area (Å²) in [6.07, 6.45) is 1.67. The summed E-state index contributed by atoms with van der Waals surface area (Å²) >= 11 is 0. The van der Waals surface area contributed by atoms with Gasteiger partial charge in [-0.3, -0.25) is 4.79 Å². The summed E-state index contributed by atoms with van der Waals surface area (Å²) in [5, 5.41) is 10.1. The molecule has 6 heteroatoms. The Labute approximate surface area is 116 Å². The number of likely N-dealkylation sites (N-methyl/N-ethyl adjacent to an activating group) is 1. The lowest BCUT2D eigenvalue weighted by atomic mass is 10.3. The van der Waals surface area contributed by atoms with Gasteiger partial charge in [0.2, 0.25) is 0 Å². The fraction of sp³-hybridized carbons (Fsp3) is 0.286. The zero-order valence-corrected chi connectivity index (χ0v) is 11.3. The van der Waals surface area contributed by atoms with Gasteiger partial charge in [0.1, 0.15) is 5.82 Å². The molecular weight excluding hydrogens is 259 g/mol. The van der Waals surface area contributed by atoms with E-state index in [1.165, 1.54) is 12.1 Å². The maximum Gasteiger partial charge on any atom is 0.271 e. The van der Waals surface area contributed by atoms with E-state index in [9.17, 15) is 9.18 Å². The molecule has 0 atom stereocenters. The van der Waals surface area contributed by atoms with Gasteiger partial charge in [-0.05, 0) is 36.9 Å². The van der Waals surface area contributed by atoms with E-state index in [1.807, 2.05) is 6.92 Å². The molecule has 0 fully saturated rings. The Hall–Kier alpha value is -2.21. The standard InChI is InChI=1S/C14H17FN4O/c1-2-16-8-9-17-14(20)13-7-10-19(18-13)12-5-3-11(15)4-6-12/h3-7,10,16H,2,8-9H2,1H3,(H,17,20). The summed E-state index contributed by atoms with van der Waals surface area (Å²) in [6.45, 7) is 4.15. The summed E-state index contributed by atoms with van der Waals surface area (Å²) in [7, 11) is 0. The van der Waals surface area contributed by atoms with Crippen LogP contribution in [0.15, 0.2) is 36.5 Å². The van der Waals surface area contributed by atoms with Crippen molar-refractivity contribution in [1.29, 1.82) is 0 Å². The molecule has 2 N–H and O–H groups in total. The minimum absolute atomic E-state index is 0.219. The van der Waals surface area contributed by atoms with Gasteiger partial charge in [-0.1, -0.05) is 6.92 Å². The molecular formula is C14H17FN4O. The van der Waals surface area contributed by atoms with Crippen molar-refractivity contribution in [2.75, 3.05) is 19.6 Å². The normalized spacial score (nSPS) is 10.5. The average molecular weight is 276 g/mol. The van der Waals surface area contributed by atoms with Crippen molar-refractivity contribution in [3.8, 4) is 5.69 Å². The highest BCUT2D eigenvalue weighted by Crippen LogP contribution is 2.08. The van der Waals surface area contributed by atoms with Crippen LogP contribution in [0.1, 0.15) is 17.4 Å². The summed E-state index contributed by atoms with van der Waals surface area (Å²) in [5.74, 6) is -0.522. The molecule has 0 unspecified atom stereocenters. The van der Waals surface area contributed by atoms with Gasteiger partial charge < -0.3 is 10.6 Å². The largest absolute Gasteiger partial charge is 0.349 e. The number of aromatic nitrogens is 2. The lowest BCUT2D eigenvalue weighted by Gasteiger charge is -2.03. The van der Waals surface area contributed by atoms with E-state index in [-0.39, 0.29) is 11.7 Å². The number of halogens is 1. The van der Waals surface area contributed by atoms with Crippen LogP contribution in [0.4, 0.5) is 4.39 Å². The van der Waals surface area contributed by atoms with Crippen LogP contribution >= 0.6 is 0 Å². The molecule has 0 bridgehead atoms. The van der Waals surface area contributed by atoms with Crippen molar-refractivity contribution in [1.82, 2.24) is 20.4 Å². The van der Waals surface area contributed by atoms with Crippen LogP contribution < -0.4 is 10.6 Å². The quantitative estimate of drug-likeness (QED) is 0.783. The summed E-state index contributed by atoms with van der Waals surface area (Å²) in [5.41, 5.74) is 1.05. The second-order valence-corrected chi connectivity index (χ2v) is 4.23. The summed E-state index contributed by atoms with van der Waals surface area (Å²) in [4.78, 5) is 11.8. The number of amides is 1. The maximum atomic E-state index is 12.8. The number of carbonyl (C=O) groups excluding carboxylic acids is 1. The van der Waals surface area contributed by atoms with Gasteiger partial charge in [0.05, 0.1) is 5.69 Å². The number of hydrogen-bond acceptors (Lipinski definition) is 3. The van der Waals surface area contributed by atoms with E-state index in [2.05, 4.69) is 15.7 Å². The van der Waals surface area contributed by atoms with Gasteiger partial charge >= 0.3 is 0 Å². The van der Waals surface area contributed by atoms with E-state index < -0.39 is 0 Å². The maximum absolute atomic E-state index is 12.8. The molecule has 2 rings (SSSR count). The molecule has 20 heavy (non-hydrogen) atoms. The van der Waals surface area contributed by atoms with Crippen LogP contribution in [0.2, 0.25) is 0 Å². The topological polar surface area (TPSA) is 58.9 Å². The predicted octanol–water partition coefficient (Wildman–Crippen LogP) is 1.35. The molecule has 0 radical (unpaired) electrons. The van der Waals surface area contributed by atoms with Crippen LogP contribution in [0.3, 0.4) is 0 Å². The number of benzene rings is 1. The Bertz CT molecular complexity index is 565. The molecule has 1 aromatic carbocycles. The monoisotopic (exact) mass is 276 g/mol. The number of nitrogens with zero attached hydrogens (tertiary/aromatic N) is 2. The average Bonchev–Trinajstić information content (AvgIpc) is 2.94. The molecule has 5 nitrogen and oxygen atoms in total. The first-order valence-electron chi connectivity index (χ1n) is 6.51. The zero-order chi connectivity index (χ0) is 14.4. The van der Waals surface area contributed by atoms with Crippen LogP contribution in [0.5, 0.6) is 0 Å². The van der Waals surface area contributed by atoms with Gasteiger partial charge in [0.15, 0.2) is 5.69 Å². The fourth-order valence-electron chi connectivity index (χ4n) is 1.71. The molecule has 0 aliphatic rings. The van der Waals surface area contributed by atoms with Crippen molar-refractivity contribution in [3.63, 3.8) is 0 Å². The SMILES string of the molecule is CCNCCNC(=O)c1ccn(-c2ccc(F)cc2)n1. The Morgan fingerprint density at radius 3 is 2.70 bits per heavy atom. The van der Waals surface area contributed by atoms with E-state index in [4.69, 9.17) is 0 Å². The molecule has 1 aromatic heterocycles. The first-order chi connectivity index (χ1) is 9.70.